The van der Waals surface area contributed by atoms with E-state index >= 15 is 0 Å². The summed E-state index contributed by atoms with van der Waals surface area (Å²) in [5, 5.41) is 14.0. The Bertz CT molecular complexity index is 1060. The zero-order valence-corrected chi connectivity index (χ0v) is 17.6. The molecule has 0 saturated heterocycles. The number of aliphatic imine (C=N–C) groups is 1. The molecule has 30 heavy (non-hydrogen) atoms. The average molecular weight is 402 g/mol. The number of hydrogen-bond acceptors (Lipinski definition) is 6. The SMILES string of the molecule is C/C=C(\N=C(/C)CNc1nc(C)cc(Nc2cc(C3CC3)[nH]n2)n1)c1ccccc1. The van der Waals surface area contributed by atoms with Crippen molar-refractivity contribution in [3.8, 4) is 0 Å². The van der Waals surface area contributed by atoms with E-state index in [0.29, 0.717) is 24.2 Å². The van der Waals surface area contributed by atoms with Crippen LogP contribution in [0.3, 0.4) is 0 Å². The molecule has 0 atom stereocenters. The average Bonchev–Trinajstić information content (AvgIpc) is 3.50. The summed E-state index contributed by atoms with van der Waals surface area (Å²) >= 11 is 0. The molecule has 1 fully saturated rings. The molecule has 3 aromatic rings. The van der Waals surface area contributed by atoms with Gasteiger partial charge in [-0.05, 0) is 39.2 Å². The number of allylic oxidation sites excluding steroid dienone is 1. The summed E-state index contributed by atoms with van der Waals surface area (Å²) in [6.07, 6.45) is 4.49. The molecule has 1 aliphatic rings. The fraction of sp³-hybridized carbons (Fsp3) is 0.304. The number of H-pyrrole nitrogens is 1. The Morgan fingerprint density at radius 3 is 2.70 bits per heavy atom. The Hall–Kier alpha value is -3.48. The Kier molecular flexibility index (Phi) is 5.88. The van der Waals surface area contributed by atoms with Crippen LogP contribution in [0.4, 0.5) is 17.6 Å². The highest BCUT2D eigenvalue weighted by molar-refractivity contribution is 5.90. The van der Waals surface area contributed by atoms with E-state index in [1.165, 1.54) is 18.5 Å². The molecule has 0 radical (unpaired) electrons. The molecule has 0 amide bonds. The van der Waals surface area contributed by atoms with Gasteiger partial charge in [0.1, 0.15) is 5.82 Å². The van der Waals surface area contributed by atoms with Gasteiger partial charge in [0.15, 0.2) is 5.82 Å². The molecule has 0 unspecified atom stereocenters. The van der Waals surface area contributed by atoms with Crippen molar-refractivity contribution in [2.24, 2.45) is 4.99 Å². The lowest BCUT2D eigenvalue weighted by Crippen LogP contribution is -2.14. The van der Waals surface area contributed by atoms with E-state index in [2.05, 4.69) is 49.0 Å². The van der Waals surface area contributed by atoms with Gasteiger partial charge in [0.2, 0.25) is 5.95 Å². The molecule has 7 heteroatoms. The van der Waals surface area contributed by atoms with Gasteiger partial charge < -0.3 is 10.6 Å². The van der Waals surface area contributed by atoms with Crippen LogP contribution < -0.4 is 10.6 Å². The van der Waals surface area contributed by atoms with E-state index in [4.69, 9.17) is 4.99 Å². The molecule has 3 N–H and O–H groups in total. The Balaban J connectivity index is 1.41. The number of aryl methyl sites for hydroxylation is 1. The number of hydrogen-bond donors (Lipinski definition) is 3. The number of nitrogens with one attached hydrogen (secondary N) is 3. The molecule has 2 aromatic heterocycles. The van der Waals surface area contributed by atoms with Gasteiger partial charge in [0, 0.05) is 35.2 Å². The number of nitrogens with zero attached hydrogens (tertiary/aromatic N) is 4. The fourth-order valence-corrected chi connectivity index (χ4v) is 3.20. The molecule has 1 saturated carbocycles. The summed E-state index contributed by atoms with van der Waals surface area (Å²) in [4.78, 5) is 13.8. The predicted molar refractivity (Wildman–Crippen MR) is 122 cm³/mol. The lowest BCUT2D eigenvalue weighted by Gasteiger charge is -2.09. The van der Waals surface area contributed by atoms with E-state index in [-0.39, 0.29) is 0 Å². The molecule has 0 aliphatic heterocycles. The number of rotatable bonds is 8. The van der Waals surface area contributed by atoms with Gasteiger partial charge in [-0.1, -0.05) is 36.4 Å². The van der Waals surface area contributed by atoms with Crippen LogP contribution >= 0.6 is 0 Å². The minimum Gasteiger partial charge on any atom is -0.349 e. The first-order chi connectivity index (χ1) is 14.6. The van der Waals surface area contributed by atoms with Gasteiger partial charge in [0.05, 0.1) is 12.2 Å². The molecule has 0 bridgehead atoms. The minimum atomic E-state index is 0.557. The van der Waals surface area contributed by atoms with Crippen molar-refractivity contribution in [3.63, 3.8) is 0 Å². The monoisotopic (exact) mass is 401 g/mol. The Morgan fingerprint density at radius 1 is 1.17 bits per heavy atom. The van der Waals surface area contributed by atoms with E-state index < -0.39 is 0 Å². The summed E-state index contributed by atoms with van der Waals surface area (Å²) in [6, 6.07) is 14.1. The van der Waals surface area contributed by atoms with Gasteiger partial charge in [-0.2, -0.15) is 10.1 Å². The second-order valence-electron chi connectivity index (χ2n) is 7.57. The van der Waals surface area contributed by atoms with Crippen molar-refractivity contribution >= 4 is 29.0 Å². The van der Waals surface area contributed by atoms with Crippen LogP contribution in [0.25, 0.3) is 5.70 Å². The molecular formula is C23H27N7. The third-order valence-corrected chi connectivity index (χ3v) is 4.88. The van der Waals surface area contributed by atoms with Crippen molar-refractivity contribution in [1.29, 1.82) is 0 Å². The maximum atomic E-state index is 4.75. The molecule has 0 spiro atoms. The maximum absolute atomic E-state index is 4.75. The zero-order valence-electron chi connectivity index (χ0n) is 17.6. The molecule has 154 valence electrons. The molecule has 1 aliphatic carbocycles. The van der Waals surface area contributed by atoms with Crippen LogP contribution in [0.1, 0.15) is 49.6 Å². The van der Waals surface area contributed by atoms with Crippen molar-refractivity contribution in [3.05, 3.63) is 65.5 Å². The molecular weight excluding hydrogens is 374 g/mol. The first-order valence-electron chi connectivity index (χ1n) is 10.3. The van der Waals surface area contributed by atoms with Crippen molar-refractivity contribution in [2.75, 3.05) is 17.2 Å². The van der Waals surface area contributed by atoms with E-state index in [0.717, 1.165) is 28.5 Å². The van der Waals surface area contributed by atoms with Crippen molar-refractivity contribution in [2.45, 2.75) is 39.5 Å². The first-order valence-corrected chi connectivity index (χ1v) is 10.3. The minimum absolute atomic E-state index is 0.557. The van der Waals surface area contributed by atoms with E-state index in [1.807, 2.05) is 51.1 Å². The Morgan fingerprint density at radius 2 is 1.97 bits per heavy atom. The number of anilines is 3. The molecule has 2 heterocycles. The maximum Gasteiger partial charge on any atom is 0.225 e. The van der Waals surface area contributed by atoms with Crippen LogP contribution in [0.5, 0.6) is 0 Å². The highest BCUT2D eigenvalue weighted by atomic mass is 15.2. The van der Waals surface area contributed by atoms with Gasteiger partial charge >= 0.3 is 0 Å². The summed E-state index contributed by atoms with van der Waals surface area (Å²) < 4.78 is 0. The summed E-state index contributed by atoms with van der Waals surface area (Å²) in [7, 11) is 0. The summed E-state index contributed by atoms with van der Waals surface area (Å²) in [5.74, 6) is 2.69. The lowest BCUT2D eigenvalue weighted by molar-refractivity contribution is 0.966. The molecule has 1 aromatic carbocycles. The third-order valence-electron chi connectivity index (χ3n) is 4.88. The normalized spacial score (nSPS) is 14.6. The van der Waals surface area contributed by atoms with E-state index in [9.17, 15) is 0 Å². The smallest absolute Gasteiger partial charge is 0.225 e. The van der Waals surface area contributed by atoms with E-state index in [1.54, 1.807) is 0 Å². The largest absolute Gasteiger partial charge is 0.349 e. The van der Waals surface area contributed by atoms with Gasteiger partial charge in [-0.25, -0.2) is 4.98 Å². The molecule has 4 rings (SSSR count). The van der Waals surface area contributed by atoms with Crippen LogP contribution in [0, 0.1) is 6.92 Å². The van der Waals surface area contributed by atoms with Gasteiger partial charge in [-0.15, -0.1) is 0 Å². The standard InChI is InChI=1S/C23H27N7/c1-4-19(17-8-6-5-7-9-17)25-16(3)14-24-23-26-15(2)12-21(28-23)27-22-13-20(29-30-22)18-10-11-18/h4-9,12-13,18H,10-11,14H2,1-3H3,(H3,24,26,27,28,29,30)/b19-4-,25-16+. The second kappa shape index (κ2) is 8.90. The lowest BCUT2D eigenvalue weighted by atomic mass is 10.1. The van der Waals surface area contributed by atoms with Gasteiger partial charge in [0.25, 0.3) is 0 Å². The van der Waals surface area contributed by atoms with Crippen molar-refractivity contribution < 1.29 is 0 Å². The first kappa shape index (κ1) is 19.8. The number of benzene rings is 1. The van der Waals surface area contributed by atoms with Crippen LogP contribution in [0.15, 0.2) is 53.5 Å². The Labute approximate surface area is 176 Å². The molecule has 7 nitrogen and oxygen atoms in total. The third kappa shape index (κ3) is 5.11. The van der Waals surface area contributed by atoms with Crippen LogP contribution in [-0.4, -0.2) is 32.4 Å². The predicted octanol–water partition coefficient (Wildman–Crippen LogP) is 5.06. The quantitative estimate of drug-likeness (QED) is 0.459. The summed E-state index contributed by atoms with van der Waals surface area (Å²) in [5.41, 5.74) is 5.07. The zero-order chi connectivity index (χ0) is 20.9. The number of aromatic amines is 1. The summed E-state index contributed by atoms with van der Waals surface area (Å²) in [6.45, 7) is 6.50. The van der Waals surface area contributed by atoms with Crippen molar-refractivity contribution in [1.82, 2.24) is 20.2 Å². The van der Waals surface area contributed by atoms with Crippen LogP contribution in [-0.2, 0) is 0 Å². The highest BCUT2D eigenvalue weighted by Gasteiger charge is 2.25. The van der Waals surface area contributed by atoms with Crippen LogP contribution in [0.2, 0.25) is 0 Å². The highest BCUT2D eigenvalue weighted by Crippen LogP contribution is 2.39. The fourth-order valence-electron chi connectivity index (χ4n) is 3.20. The topological polar surface area (TPSA) is 90.9 Å². The second-order valence-corrected chi connectivity index (χ2v) is 7.57. The number of aromatic nitrogens is 4. The van der Waals surface area contributed by atoms with Gasteiger partial charge in [-0.3, -0.25) is 10.1 Å².